The summed E-state index contributed by atoms with van der Waals surface area (Å²) in [6.07, 6.45) is 3.14. The van der Waals surface area contributed by atoms with Gasteiger partial charge in [0.15, 0.2) is 0 Å². The number of nitriles is 1. The highest BCUT2D eigenvalue weighted by atomic mass is 79.9. The van der Waals surface area contributed by atoms with Gasteiger partial charge in [-0.1, -0.05) is 22.9 Å². The van der Waals surface area contributed by atoms with Crippen molar-refractivity contribution in [1.29, 1.82) is 5.26 Å². The minimum atomic E-state index is 0.731. The maximum atomic E-state index is 9.02. The zero-order valence-corrected chi connectivity index (χ0v) is 10.1. The SMILES string of the molecule is CCCn1ccc2c(C#N)cc(Br)cc21. The third-order valence-corrected chi connectivity index (χ3v) is 2.90. The molecule has 1 aromatic carbocycles. The fraction of sp³-hybridized carbons (Fsp3) is 0.250. The van der Waals surface area contributed by atoms with Crippen LogP contribution in [-0.2, 0) is 6.54 Å². The van der Waals surface area contributed by atoms with Gasteiger partial charge in [0.05, 0.1) is 17.1 Å². The van der Waals surface area contributed by atoms with Gasteiger partial charge in [0.1, 0.15) is 0 Å². The normalized spacial score (nSPS) is 10.5. The maximum absolute atomic E-state index is 9.02. The van der Waals surface area contributed by atoms with Crippen LogP contribution in [0.4, 0.5) is 0 Å². The molecule has 0 fully saturated rings. The molecule has 0 bridgehead atoms. The van der Waals surface area contributed by atoms with E-state index < -0.39 is 0 Å². The van der Waals surface area contributed by atoms with Crippen LogP contribution in [-0.4, -0.2) is 4.57 Å². The molecule has 2 aromatic rings. The fourth-order valence-electron chi connectivity index (χ4n) is 1.79. The highest BCUT2D eigenvalue weighted by Gasteiger charge is 2.06. The smallest absolute Gasteiger partial charge is 0.0999 e. The topological polar surface area (TPSA) is 28.7 Å². The average molecular weight is 263 g/mol. The van der Waals surface area contributed by atoms with Crippen LogP contribution in [0.15, 0.2) is 28.9 Å². The Kier molecular flexibility index (Phi) is 2.79. The molecule has 2 rings (SSSR count). The molecule has 1 aromatic heterocycles. The monoisotopic (exact) mass is 262 g/mol. The Bertz CT molecular complexity index is 534. The molecule has 0 aliphatic rings. The average Bonchev–Trinajstić information content (AvgIpc) is 2.61. The van der Waals surface area contributed by atoms with E-state index in [0.29, 0.717) is 0 Å². The predicted molar refractivity (Wildman–Crippen MR) is 64.6 cm³/mol. The zero-order chi connectivity index (χ0) is 10.8. The summed E-state index contributed by atoms with van der Waals surface area (Å²) >= 11 is 3.43. The van der Waals surface area contributed by atoms with Crippen LogP contribution in [0.2, 0.25) is 0 Å². The molecule has 0 saturated heterocycles. The van der Waals surface area contributed by atoms with E-state index in [1.165, 1.54) is 0 Å². The van der Waals surface area contributed by atoms with Crippen LogP contribution in [0.3, 0.4) is 0 Å². The summed E-state index contributed by atoms with van der Waals surface area (Å²) < 4.78 is 3.14. The van der Waals surface area contributed by atoms with E-state index in [9.17, 15) is 0 Å². The summed E-state index contributed by atoms with van der Waals surface area (Å²) in [6.45, 7) is 3.14. The van der Waals surface area contributed by atoms with Crippen molar-refractivity contribution in [3.05, 3.63) is 34.4 Å². The Morgan fingerprint density at radius 2 is 2.27 bits per heavy atom. The Hall–Kier alpha value is -1.27. The Balaban J connectivity index is 2.71. The first-order valence-corrected chi connectivity index (χ1v) is 5.74. The number of hydrogen-bond acceptors (Lipinski definition) is 1. The van der Waals surface area contributed by atoms with Gasteiger partial charge in [-0.2, -0.15) is 5.26 Å². The standard InChI is InChI=1S/C12H11BrN2/c1-2-4-15-5-3-11-9(8-14)6-10(13)7-12(11)15/h3,5-7H,2,4H2,1H3. The van der Waals surface area contributed by atoms with Crippen molar-refractivity contribution in [3.63, 3.8) is 0 Å². The van der Waals surface area contributed by atoms with Gasteiger partial charge < -0.3 is 4.57 Å². The van der Waals surface area contributed by atoms with Gasteiger partial charge >= 0.3 is 0 Å². The third-order valence-electron chi connectivity index (χ3n) is 2.44. The quantitative estimate of drug-likeness (QED) is 0.812. The number of halogens is 1. The first kappa shape index (κ1) is 10.3. The van der Waals surface area contributed by atoms with Gasteiger partial charge in [0, 0.05) is 22.6 Å². The van der Waals surface area contributed by atoms with E-state index in [2.05, 4.69) is 39.6 Å². The number of aromatic nitrogens is 1. The van der Waals surface area contributed by atoms with Crippen LogP contribution >= 0.6 is 15.9 Å². The molecule has 0 unspecified atom stereocenters. The molecule has 15 heavy (non-hydrogen) atoms. The molecule has 0 aliphatic heterocycles. The fourth-order valence-corrected chi connectivity index (χ4v) is 2.24. The molecule has 3 heteroatoms. The lowest BCUT2D eigenvalue weighted by Crippen LogP contribution is -1.94. The van der Waals surface area contributed by atoms with Crippen LogP contribution in [0.25, 0.3) is 10.9 Å². The van der Waals surface area contributed by atoms with Crippen molar-refractivity contribution in [1.82, 2.24) is 4.57 Å². The summed E-state index contributed by atoms with van der Waals surface area (Å²) in [6, 6.07) is 8.15. The predicted octanol–water partition coefficient (Wildman–Crippen LogP) is 3.69. The van der Waals surface area contributed by atoms with Crippen molar-refractivity contribution in [2.75, 3.05) is 0 Å². The lowest BCUT2D eigenvalue weighted by Gasteiger charge is -2.03. The zero-order valence-electron chi connectivity index (χ0n) is 8.50. The minimum absolute atomic E-state index is 0.731. The lowest BCUT2D eigenvalue weighted by molar-refractivity contribution is 0.703. The summed E-state index contributed by atoms with van der Waals surface area (Å²) in [7, 11) is 0. The van der Waals surface area contributed by atoms with Crippen molar-refractivity contribution < 1.29 is 0 Å². The summed E-state index contributed by atoms with van der Waals surface area (Å²) in [5, 5.41) is 10.1. The second-order valence-corrected chi connectivity index (χ2v) is 4.42. The Labute approximate surface area is 97.3 Å². The molecular formula is C12H11BrN2. The largest absolute Gasteiger partial charge is 0.347 e. The first-order valence-electron chi connectivity index (χ1n) is 4.94. The van der Waals surface area contributed by atoms with E-state index in [4.69, 9.17) is 5.26 Å². The number of fused-ring (bicyclic) bond motifs is 1. The summed E-state index contributed by atoms with van der Waals surface area (Å²) in [5.74, 6) is 0. The van der Waals surface area contributed by atoms with Crippen molar-refractivity contribution in [2.24, 2.45) is 0 Å². The van der Waals surface area contributed by atoms with E-state index in [-0.39, 0.29) is 0 Å². The van der Waals surface area contributed by atoms with E-state index in [1.54, 1.807) is 0 Å². The third kappa shape index (κ3) is 1.78. The van der Waals surface area contributed by atoms with Gasteiger partial charge in [0.25, 0.3) is 0 Å². The molecule has 0 saturated carbocycles. The highest BCUT2D eigenvalue weighted by Crippen LogP contribution is 2.25. The summed E-state index contributed by atoms with van der Waals surface area (Å²) in [5.41, 5.74) is 1.86. The molecule has 1 heterocycles. The van der Waals surface area contributed by atoms with Crippen LogP contribution in [0, 0.1) is 11.3 Å². The summed E-state index contributed by atoms with van der Waals surface area (Å²) in [4.78, 5) is 0. The van der Waals surface area contributed by atoms with Gasteiger partial charge in [0.2, 0.25) is 0 Å². The second-order valence-electron chi connectivity index (χ2n) is 3.51. The Morgan fingerprint density at radius 3 is 2.93 bits per heavy atom. The molecule has 0 spiro atoms. The number of nitrogens with zero attached hydrogens (tertiary/aromatic N) is 2. The second kappa shape index (κ2) is 4.08. The van der Waals surface area contributed by atoms with Crippen molar-refractivity contribution in [3.8, 4) is 6.07 Å². The van der Waals surface area contributed by atoms with E-state index in [1.807, 2.05) is 18.3 Å². The molecule has 2 nitrogen and oxygen atoms in total. The van der Waals surface area contributed by atoms with Gasteiger partial charge in [-0.15, -0.1) is 0 Å². The Morgan fingerprint density at radius 1 is 1.47 bits per heavy atom. The number of benzene rings is 1. The molecule has 0 aliphatic carbocycles. The van der Waals surface area contributed by atoms with Gasteiger partial charge in [-0.05, 0) is 24.6 Å². The molecule has 76 valence electrons. The van der Waals surface area contributed by atoms with E-state index >= 15 is 0 Å². The number of rotatable bonds is 2. The maximum Gasteiger partial charge on any atom is 0.0999 e. The van der Waals surface area contributed by atoms with Crippen LogP contribution in [0.5, 0.6) is 0 Å². The van der Waals surface area contributed by atoms with E-state index in [0.717, 1.165) is 33.9 Å². The molecule has 0 amide bonds. The number of aryl methyl sites for hydroxylation is 1. The van der Waals surface area contributed by atoms with Gasteiger partial charge in [-0.25, -0.2) is 0 Å². The highest BCUT2D eigenvalue weighted by molar-refractivity contribution is 9.10. The molecular weight excluding hydrogens is 252 g/mol. The lowest BCUT2D eigenvalue weighted by atomic mass is 10.1. The molecule has 0 atom stereocenters. The molecule has 0 radical (unpaired) electrons. The van der Waals surface area contributed by atoms with Gasteiger partial charge in [-0.3, -0.25) is 0 Å². The van der Waals surface area contributed by atoms with Crippen LogP contribution in [0.1, 0.15) is 18.9 Å². The molecule has 0 N–H and O–H groups in total. The minimum Gasteiger partial charge on any atom is -0.347 e. The van der Waals surface area contributed by atoms with Crippen molar-refractivity contribution >= 4 is 26.8 Å². The van der Waals surface area contributed by atoms with Crippen LogP contribution < -0.4 is 0 Å². The first-order chi connectivity index (χ1) is 7.26. The van der Waals surface area contributed by atoms with Crippen molar-refractivity contribution in [2.45, 2.75) is 19.9 Å². The number of hydrogen-bond donors (Lipinski definition) is 0.